The number of aromatic nitrogens is 1. The van der Waals surface area contributed by atoms with Crippen molar-refractivity contribution in [3.63, 3.8) is 0 Å². The number of nitrogens with zero attached hydrogens (tertiary/aromatic N) is 3. The number of rotatable bonds is 3. The van der Waals surface area contributed by atoms with Gasteiger partial charge in [-0.05, 0) is 18.8 Å². The number of amides is 1. The molecule has 20 heavy (non-hydrogen) atoms. The van der Waals surface area contributed by atoms with Crippen molar-refractivity contribution in [2.75, 3.05) is 31.9 Å². The van der Waals surface area contributed by atoms with Crippen molar-refractivity contribution in [3.8, 4) is 0 Å². The molecule has 2 aliphatic rings. The van der Waals surface area contributed by atoms with E-state index in [-0.39, 0.29) is 23.5 Å². The molecule has 8 heteroatoms. The van der Waals surface area contributed by atoms with Crippen LogP contribution in [0.5, 0.6) is 0 Å². The summed E-state index contributed by atoms with van der Waals surface area (Å²) < 4.78 is 25.3. The third-order valence-electron chi connectivity index (χ3n) is 4.15. The molecule has 2 atom stereocenters. The predicted molar refractivity (Wildman–Crippen MR) is 76.0 cm³/mol. The first-order valence-electron chi connectivity index (χ1n) is 6.66. The van der Waals surface area contributed by atoms with Gasteiger partial charge in [0.05, 0.1) is 11.3 Å². The number of likely N-dealkylation sites (tertiary alicyclic amines) is 1. The van der Waals surface area contributed by atoms with Crippen LogP contribution in [-0.2, 0) is 10.0 Å². The molecule has 2 saturated heterocycles. The Kier molecular flexibility index (Phi) is 3.55. The van der Waals surface area contributed by atoms with Crippen LogP contribution in [0, 0.1) is 11.8 Å². The van der Waals surface area contributed by atoms with Gasteiger partial charge in [0.1, 0.15) is 5.69 Å². The van der Waals surface area contributed by atoms with Gasteiger partial charge in [-0.3, -0.25) is 4.79 Å². The zero-order valence-electron chi connectivity index (χ0n) is 11.2. The van der Waals surface area contributed by atoms with Crippen molar-refractivity contribution in [1.29, 1.82) is 0 Å². The maximum atomic E-state index is 12.2. The van der Waals surface area contributed by atoms with E-state index in [9.17, 15) is 13.2 Å². The number of fused-ring (bicyclic) bond motifs is 1. The Morgan fingerprint density at radius 1 is 1.35 bits per heavy atom. The predicted octanol–water partition coefficient (Wildman–Crippen LogP) is 0.497. The molecule has 0 saturated carbocycles. The fourth-order valence-corrected chi connectivity index (χ4v) is 4.73. The summed E-state index contributed by atoms with van der Waals surface area (Å²) in [7, 11) is -3.10. The maximum absolute atomic E-state index is 12.2. The minimum Gasteiger partial charge on any atom is -0.337 e. The fraction of sp³-hybridized carbons (Fsp3) is 0.667. The highest BCUT2D eigenvalue weighted by atomic mass is 32.2. The smallest absolute Gasteiger partial charge is 0.273 e. The molecule has 0 bridgehead atoms. The van der Waals surface area contributed by atoms with Crippen LogP contribution >= 0.6 is 11.3 Å². The van der Waals surface area contributed by atoms with E-state index in [4.69, 9.17) is 0 Å². The third kappa shape index (κ3) is 2.36. The van der Waals surface area contributed by atoms with Gasteiger partial charge >= 0.3 is 0 Å². The van der Waals surface area contributed by atoms with E-state index < -0.39 is 10.0 Å². The second-order valence-electron chi connectivity index (χ2n) is 5.32. The number of hydrogen-bond donors (Lipinski definition) is 0. The highest BCUT2D eigenvalue weighted by molar-refractivity contribution is 7.89. The number of thiazole rings is 1. The van der Waals surface area contributed by atoms with Gasteiger partial charge in [0.25, 0.3) is 5.91 Å². The van der Waals surface area contributed by atoms with Gasteiger partial charge in [0, 0.05) is 31.6 Å². The van der Waals surface area contributed by atoms with Gasteiger partial charge < -0.3 is 4.90 Å². The molecule has 2 fully saturated rings. The summed E-state index contributed by atoms with van der Waals surface area (Å²) in [5.41, 5.74) is 2.15. The summed E-state index contributed by atoms with van der Waals surface area (Å²) in [5.74, 6) is 0.636. The van der Waals surface area contributed by atoms with Crippen LogP contribution in [0.4, 0.5) is 0 Å². The number of carbonyl (C=O) groups is 1. The van der Waals surface area contributed by atoms with Crippen LogP contribution in [-0.4, -0.2) is 60.4 Å². The van der Waals surface area contributed by atoms with Crippen molar-refractivity contribution in [3.05, 3.63) is 16.6 Å². The molecule has 0 N–H and O–H groups in total. The second kappa shape index (κ2) is 5.09. The summed E-state index contributed by atoms with van der Waals surface area (Å²) in [6.07, 6.45) is 0. The molecular formula is C12H17N3O3S2. The van der Waals surface area contributed by atoms with Gasteiger partial charge in [0.15, 0.2) is 0 Å². The van der Waals surface area contributed by atoms with E-state index in [2.05, 4.69) is 4.98 Å². The van der Waals surface area contributed by atoms with Crippen LogP contribution in [0.1, 0.15) is 17.4 Å². The second-order valence-corrected chi connectivity index (χ2v) is 8.30. The fourth-order valence-electron chi connectivity index (χ4n) is 3.01. The van der Waals surface area contributed by atoms with Crippen LogP contribution in [0.15, 0.2) is 10.9 Å². The lowest BCUT2D eigenvalue weighted by Gasteiger charge is -2.20. The van der Waals surface area contributed by atoms with Crippen molar-refractivity contribution >= 4 is 27.3 Å². The molecule has 3 rings (SSSR count). The van der Waals surface area contributed by atoms with Gasteiger partial charge in [-0.15, -0.1) is 11.3 Å². The van der Waals surface area contributed by atoms with E-state index in [1.54, 1.807) is 27.0 Å². The molecular weight excluding hydrogens is 298 g/mol. The number of carbonyl (C=O) groups excluding carboxylic acids is 1. The summed E-state index contributed by atoms with van der Waals surface area (Å²) >= 11 is 1.41. The zero-order valence-corrected chi connectivity index (χ0v) is 12.9. The molecule has 0 radical (unpaired) electrons. The Labute approximate surface area is 122 Å². The van der Waals surface area contributed by atoms with Crippen molar-refractivity contribution in [2.24, 2.45) is 11.8 Å². The van der Waals surface area contributed by atoms with Crippen LogP contribution in [0.25, 0.3) is 0 Å². The molecule has 2 aliphatic heterocycles. The van der Waals surface area contributed by atoms with E-state index in [0.29, 0.717) is 31.9 Å². The SMILES string of the molecule is CCS(=O)(=O)N1CC2CN(C(=O)c3cscn3)CC2C1. The first-order valence-corrected chi connectivity index (χ1v) is 9.21. The molecule has 1 aromatic rings. The van der Waals surface area contributed by atoms with Gasteiger partial charge in [-0.2, -0.15) is 0 Å². The summed E-state index contributed by atoms with van der Waals surface area (Å²) in [4.78, 5) is 18.1. The Balaban J connectivity index is 1.66. The van der Waals surface area contributed by atoms with Crippen LogP contribution < -0.4 is 0 Å². The van der Waals surface area contributed by atoms with E-state index in [1.807, 2.05) is 0 Å². The average molecular weight is 315 g/mol. The van der Waals surface area contributed by atoms with Gasteiger partial charge in [-0.25, -0.2) is 17.7 Å². The highest BCUT2D eigenvalue weighted by Crippen LogP contribution is 2.33. The molecule has 3 heterocycles. The molecule has 2 unspecified atom stereocenters. The zero-order chi connectivity index (χ0) is 14.3. The Hall–Kier alpha value is -0.990. The van der Waals surface area contributed by atoms with Crippen molar-refractivity contribution < 1.29 is 13.2 Å². The summed E-state index contributed by atoms with van der Waals surface area (Å²) in [5, 5.41) is 1.75. The number of hydrogen-bond acceptors (Lipinski definition) is 5. The molecule has 1 aromatic heterocycles. The maximum Gasteiger partial charge on any atom is 0.273 e. The standard InChI is InChI=1S/C12H17N3O3S2/c1-2-20(17,18)15-5-9-3-14(4-10(9)6-15)12(16)11-7-19-8-13-11/h7-10H,2-6H2,1H3. The minimum atomic E-state index is -3.10. The molecule has 6 nitrogen and oxygen atoms in total. The Morgan fingerprint density at radius 3 is 2.50 bits per heavy atom. The van der Waals surface area contributed by atoms with E-state index in [0.717, 1.165) is 0 Å². The molecule has 1 amide bonds. The molecule has 0 aromatic carbocycles. The van der Waals surface area contributed by atoms with Gasteiger partial charge in [0.2, 0.25) is 10.0 Å². The average Bonchev–Trinajstić information content (AvgIpc) is 3.12. The topological polar surface area (TPSA) is 70.6 Å². The number of sulfonamides is 1. The quantitative estimate of drug-likeness (QED) is 0.814. The molecule has 0 spiro atoms. The van der Waals surface area contributed by atoms with E-state index in [1.165, 1.54) is 11.3 Å². The molecule has 110 valence electrons. The van der Waals surface area contributed by atoms with Crippen LogP contribution in [0.3, 0.4) is 0 Å². The molecule has 0 aliphatic carbocycles. The highest BCUT2D eigenvalue weighted by Gasteiger charge is 2.44. The largest absolute Gasteiger partial charge is 0.337 e. The summed E-state index contributed by atoms with van der Waals surface area (Å²) in [6.45, 7) is 4.03. The van der Waals surface area contributed by atoms with Crippen molar-refractivity contribution in [1.82, 2.24) is 14.2 Å². The third-order valence-corrected chi connectivity index (χ3v) is 6.55. The Bertz CT molecular complexity index is 585. The van der Waals surface area contributed by atoms with E-state index >= 15 is 0 Å². The van der Waals surface area contributed by atoms with Gasteiger partial charge in [-0.1, -0.05) is 0 Å². The van der Waals surface area contributed by atoms with Crippen LogP contribution in [0.2, 0.25) is 0 Å². The lowest BCUT2D eigenvalue weighted by atomic mass is 10.0. The summed E-state index contributed by atoms with van der Waals surface area (Å²) in [6, 6.07) is 0. The minimum absolute atomic E-state index is 0.0365. The lowest BCUT2D eigenvalue weighted by Crippen LogP contribution is -2.36. The Morgan fingerprint density at radius 2 is 2.00 bits per heavy atom. The monoisotopic (exact) mass is 315 g/mol. The normalized spacial score (nSPS) is 26.9. The first-order chi connectivity index (χ1) is 9.51. The first kappa shape index (κ1) is 14.0. The van der Waals surface area contributed by atoms with Crippen molar-refractivity contribution in [2.45, 2.75) is 6.92 Å². The lowest BCUT2D eigenvalue weighted by molar-refractivity contribution is 0.0774.